The van der Waals surface area contributed by atoms with Gasteiger partial charge in [0.2, 0.25) is 11.8 Å². The van der Waals surface area contributed by atoms with Crippen molar-refractivity contribution in [2.45, 2.75) is 33.7 Å². The smallest absolute Gasteiger partial charge is 0.409 e. The zero-order chi connectivity index (χ0) is 20.7. The molecule has 0 saturated carbocycles. The van der Waals surface area contributed by atoms with Gasteiger partial charge >= 0.3 is 6.09 Å². The Morgan fingerprint density at radius 3 is 2.29 bits per heavy atom. The minimum absolute atomic E-state index is 0.0836. The van der Waals surface area contributed by atoms with E-state index >= 15 is 0 Å². The van der Waals surface area contributed by atoms with Crippen LogP contribution in [0.15, 0.2) is 18.2 Å². The SMILES string of the molecule is CCOC(=O)N1CCN([C@@H](C)C(=O)NCC(=O)Nc2c(C)cccc2C)CC1. The maximum Gasteiger partial charge on any atom is 0.409 e. The lowest BCUT2D eigenvalue weighted by molar-refractivity contribution is -0.128. The Bertz CT molecular complexity index is 694. The van der Waals surface area contributed by atoms with E-state index in [-0.39, 0.29) is 30.5 Å². The van der Waals surface area contributed by atoms with Gasteiger partial charge in [-0.3, -0.25) is 14.5 Å². The number of anilines is 1. The third kappa shape index (κ3) is 5.69. The highest BCUT2D eigenvalue weighted by atomic mass is 16.6. The van der Waals surface area contributed by atoms with Crippen molar-refractivity contribution in [3.8, 4) is 0 Å². The van der Waals surface area contributed by atoms with E-state index in [1.165, 1.54) is 0 Å². The molecule has 1 aromatic carbocycles. The summed E-state index contributed by atoms with van der Waals surface area (Å²) in [6.07, 6.45) is -0.317. The fraction of sp³-hybridized carbons (Fsp3) is 0.550. The highest BCUT2D eigenvalue weighted by Crippen LogP contribution is 2.19. The van der Waals surface area contributed by atoms with E-state index in [1.807, 2.05) is 36.9 Å². The van der Waals surface area contributed by atoms with Crippen LogP contribution in [0, 0.1) is 13.8 Å². The van der Waals surface area contributed by atoms with Crippen molar-refractivity contribution in [3.05, 3.63) is 29.3 Å². The summed E-state index contributed by atoms with van der Waals surface area (Å²) in [4.78, 5) is 40.0. The van der Waals surface area contributed by atoms with Crippen LogP contribution in [0.1, 0.15) is 25.0 Å². The third-order valence-electron chi connectivity index (χ3n) is 4.94. The highest BCUT2D eigenvalue weighted by molar-refractivity contribution is 5.96. The number of rotatable bonds is 6. The van der Waals surface area contributed by atoms with Crippen LogP contribution in [0.4, 0.5) is 10.5 Å². The molecular weight excluding hydrogens is 360 g/mol. The normalized spacial score (nSPS) is 15.6. The monoisotopic (exact) mass is 390 g/mol. The first kappa shape index (κ1) is 21.7. The molecule has 8 heteroatoms. The lowest BCUT2D eigenvalue weighted by Gasteiger charge is -2.36. The molecule has 28 heavy (non-hydrogen) atoms. The number of carbonyl (C=O) groups excluding carboxylic acids is 3. The van der Waals surface area contributed by atoms with Gasteiger partial charge in [-0.25, -0.2) is 4.79 Å². The minimum atomic E-state index is -0.377. The zero-order valence-corrected chi connectivity index (χ0v) is 17.1. The molecule has 0 aromatic heterocycles. The molecule has 3 amide bonds. The second-order valence-electron chi connectivity index (χ2n) is 6.93. The topological polar surface area (TPSA) is 91.0 Å². The van der Waals surface area contributed by atoms with Gasteiger partial charge in [0.25, 0.3) is 0 Å². The summed E-state index contributed by atoms with van der Waals surface area (Å²) in [5.74, 6) is -0.466. The van der Waals surface area contributed by atoms with Crippen molar-refractivity contribution in [1.29, 1.82) is 0 Å². The lowest BCUT2D eigenvalue weighted by atomic mass is 10.1. The number of hydrogen-bond donors (Lipinski definition) is 2. The van der Waals surface area contributed by atoms with Crippen molar-refractivity contribution in [2.24, 2.45) is 0 Å². The summed E-state index contributed by atoms with van der Waals surface area (Å²) in [7, 11) is 0. The molecule has 0 spiro atoms. The van der Waals surface area contributed by atoms with E-state index in [4.69, 9.17) is 4.74 Å². The van der Waals surface area contributed by atoms with Crippen molar-refractivity contribution < 1.29 is 19.1 Å². The largest absolute Gasteiger partial charge is 0.450 e. The summed E-state index contributed by atoms with van der Waals surface area (Å²) < 4.78 is 5.00. The predicted octanol–water partition coefficient (Wildman–Crippen LogP) is 1.52. The summed E-state index contributed by atoms with van der Waals surface area (Å²) in [5, 5.41) is 5.55. The number of piperazine rings is 1. The second-order valence-corrected chi connectivity index (χ2v) is 6.93. The molecule has 1 saturated heterocycles. The Hall–Kier alpha value is -2.61. The van der Waals surface area contributed by atoms with Gasteiger partial charge < -0.3 is 20.3 Å². The molecule has 8 nitrogen and oxygen atoms in total. The molecule has 0 aliphatic carbocycles. The molecule has 1 aliphatic rings. The number of aryl methyl sites for hydroxylation is 2. The minimum Gasteiger partial charge on any atom is -0.450 e. The molecule has 0 bridgehead atoms. The van der Waals surface area contributed by atoms with Gasteiger partial charge in [-0.2, -0.15) is 0 Å². The number of nitrogens with one attached hydrogen (secondary N) is 2. The number of hydrogen-bond acceptors (Lipinski definition) is 5. The van der Waals surface area contributed by atoms with Gasteiger partial charge in [-0.15, -0.1) is 0 Å². The van der Waals surface area contributed by atoms with Crippen LogP contribution in [0.5, 0.6) is 0 Å². The first-order chi connectivity index (χ1) is 13.3. The van der Waals surface area contributed by atoms with Crippen molar-refractivity contribution in [1.82, 2.24) is 15.1 Å². The Morgan fingerprint density at radius 2 is 1.71 bits per heavy atom. The fourth-order valence-corrected chi connectivity index (χ4v) is 3.18. The summed E-state index contributed by atoms with van der Waals surface area (Å²) in [6.45, 7) is 9.91. The third-order valence-corrected chi connectivity index (χ3v) is 4.94. The Morgan fingerprint density at radius 1 is 1.11 bits per heavy atom. The molecule has 1 heterocycles. The highest BCUT2D eigenvalue weighted by Gasteiger charge is 2.28. The molecule has 154 valence electrons. The molecule has 1 aliphatic heterocycles. The lowest BCUT2D eigenvalue weighted by Crippen LogP contribution is -2.55. The van der Waals surface area contributed by atoms with Gasteiger partial charge in [0.05, 0.1) is 19.2 Å². The molecule has 2 N–H and O–H groups in total. The average molecular weight is 390 g/mol. The summed E-state index contributed by atoms with van der Waals surface area (Å²) >= 11 is 0. The zero-order valence-electron chi connectivity index (χ0n) is 17.1. The first-order valence-corrected chi connectivity index (χ1v) is 9.63. The number of benzene rings is 1. The van der Waals surface area contributed by atoms with E-state index in [2.05, 4.69) is 10.6 Å². The van der Waals surface area contributed by atoms with Crippen molar-refractivity contribution in [2.75, 3.05) is 44.6 Å². The maximum atomic E-state index is 12.4. The van der Waals surface area contributed by atoms with Crippen LogP contribution < -0.4 is 10.6 Å². The Labute approximate surface area is 166 Å². The summed E-state index contributed by atoms with van der Waals surface area (Å²) in [6, 6.07) is 5.42. The molecule has 1 fully saturated rings. The fourth-order valence-electron chi connectivity index (χ4n) is 3.18. The predicted molar refractivity (Wildman–Crippen MR) is 107 cm³/mol. The molecule has 2 rings (SSSR count). The first-order valence-electron chi connectivity index (χ1n) is 9.63. The summed E-state index contributed by atoms with van der Waals surface area (Å²) in [5.41, 5.74) is 2.74. The number of ether oxygens (including phenoxy) is 1. The number of nitrogens with zero attached hydrogens (tertiary/aromatic N) is 2. The molecule has 1 aromatic rings. The number of amides is 3. The van der Waals surface area contributed by atoms with E-state index in [0.29, 0.717) is 32.8 Å². The second kappa shape index (κ2) is 10.1. The average Bonchev–Trinajstić information content (AvgIpc) is 2.68. The molecular formula is C20H30N4O4. The van der Waals surface area contributed by atoms with E-state index in [1.54, 1.807) is 18.7 Å². The van der Waals surface area contributed by atoms with Gasteiger partial charge in [0.1, 0.15) is 0 Å². The standard InChI is InChI=1S/C20H30N4O4/c1-5-28-20(27)24-11-9-23(10-12-24)16(4)19(26)21-13-17(25)22-18-14(2)7-6-8-15(18)3/h6-8,16H,5,9-13H2,1-4H3,(H,21,26)(H,22,25)/t16-/m0/s1. The van der Waals surface area contributed by atoms with E-state index in [0.717, 1.165) is 16.8 Å². The van der Waals surface area contributed by atoms with Crippen LogP contribution in [0.3, 0.4) is 0 Å². The number of para-hydroxylation sites is 1. The van der Waals surface area contributed by atoms with Crippen molar-refractivity contribution in [3.63, 3.8) is 0 Å². The van der Waals surface area contributed by atoms with E-state index in [9.17, 15) is 14.4 Å². The molecule has 0 radical (unpaired) electrons. The molecule has 1 atom stereocenters. The van der Waals surface area contributed by atoms with E-state index < -0.39 is 0 Å². The van der Waals surface area contributed by atoms with Crippen LogP contribution in [0.25, 0.3) is 0 Å². The quantitative estimate of drug-likeness (QED) is 0.769. The van der Waals surface area contributed by atoms with Crippen LogP contribution in [-0.2, 0) is 14.3 Å². The van der Waals surface area contributed by atoms with Gasteiger partial charge in [0, 0.05) is 31.9 Å². The van der Waals surface area contributed by atoms with Gasteiger partial charge in [-0.1, -0.05) is 18.2 Å². The van der Waals surface area contributed by atoms with Crippen LogP contribution in [-0.4, -0.2) is 73.1 Å². The van der Waals surface area contributed by atoms with Crippen LogP contribution in [0.2, 0.25) is 0 Å². The maximum absolute atomic E-state index is 12.4. The van der Waals surface area contributed by atoms with Gasteiger partial charge in [0.15, 0.2) is 0 Å². The molecule has 0 unspecified atom stereocenters. The Kier molecular flexibility index (Phi) is 7.80. The van der Waals surface area contributed by atoms with Crippen LogP contribution >= 0.6 is 0 Å². The Balaban J connectivity index is 1.78. The van der Waals surface area contributed by atoms with Gasteiger partial charge in [-0.05, 0) is 38.8 Å². The van der Waals surface area contributed by atoms with Crippen molar-refractivity contribution >= 4 is 23.6 Å². The number of carbonyl (C=O) groups is 3.